The standard InChI is InChI=1S/C25H39N3/c1-5-9-19(4)23-17-20-16-18(3)12-13-24(20)28-25(23)26-15-14-21(6-2)27-22-10-7-8-11-22/h9,12-13,16-17,21-22,24,26-28H,5-8,10-11,14-15H2,1-4H3/b19-9+. The Hall–Kier alpha value is -1.74. The lowest BCUT2D eigenvalue weighted by atomic mass is 9.91. The summed E-state index contributed by atoms with van der Waals surface area (Å²) in [6.45, 7) is 9.91. The van der Waals surface area contributed by atoms with Gasteiger partial charge in [0.1, 0.15) is 5.82 Å². The molecule has 3 heteroatoms. The fourth-order valence-corrected chi connectivity index (χ4v) is 4.57. The quantitative estimate of drug-likeness (QED) is 0.510. The molecule has 0 saturated heterocycles. The van der Waals surface area contributed by atoms with E-state index in [1.807, 2.05) is 0 Å². The molecule has 154 valence electrons. The summed E-state index contributed by atoms with van der Waals surface area (Å²) in [5.41, 5.74) is 5.34. The molecule has 2 unspecified atom stereocenters. The van der Waals surface area contributed by atoms with Gasteiger partial charge in [-0.3, -0.25) is 0 Å². The maximum atomic E-state index is 3.89. The number of hydrogen-bond donors (Lipinski definition) is 3. The van der Waals surface area contributed by atoms with Crippen LogP contribution < -0.4 is 16.0 Å². The van der Waals surface area contributed by atoms with E-state index in [0.29, 0.717) is 6.04 Å². The number of allylic oxidation sites excluding steroid dienone is 6. The first-order chi connectivity index (χ1) is 13.6. The van der Waals surface area contributed by atoms with E-state index < -0.39 is 0 Å². The Morgan fingerprint density at radius 1 is 1.25 bits per heavy atom. The predicted octanol–water partition coefficient (Wildman–Crippen LogP) is 5.26. The minimum absolute atomic E-state index is 0.281. The molecular formula is C25H39N3. The molecule has 0 amide bonds. The number of nitrogens with one attached hydrogen (secondary N) is 3. The maximum Gasteiger partial charge on any atom is 0.107 e. The van der Waals surface area contributed by atoms with Crippen LogP contribution in [0, 0.1) is 0 Å². The van der Waals surface area contributed by atoms with Crippen molar-refractivity contribution in [2.24, 2.45) is 0 Å². The molecule has 2 aliphatic carbocycles. The molecule has 0 aromatic heterocycles. The van der Waals surface area contributed by atoms with Crippen molar-refractivity contribution in [2.75, 3.05) is 6.54 Å². The van der Waals surface area contributed by atoms with Gasteiger partial charge < -0.3 is 16.0 Å². The van der Waals surface area contributed by atoms with Crippen LogP contribution in [0.15, 0.2) is 58.5 Å². The van der Waals surface area contributed by atoms with Gasteiger partial charge >= 0.3 is 0 Å². The van der Waals surface area contributed by atoms with Crippen LogP contribution in [-0.4, -0.2) is 24.7 Å². The van der Waals surface area contributed by atoms with Gasteiger partial charge in [-0.2, -0.15) is 0 Å². The largest absolute Gasteiger partial charge is 0.371 e. The highest BCUT2D eigenvalue weighted by molar-refractivity contribution is 5.53. The van der Waals surface area contributed by atoms with Crippen molar-refractivity contribution in [3.8, 4) is 0 Å². The van der Waals surface area contributed by atoms with Gasteiger partial charge in [0.25, 0.3) is 0 Å². The Labute approximate surface area is 172 Å². The predicted molar refractivity (Wildman–Crippen MR) is 121 cm³/mol. The number of rotatable bonds is 9. The Kier molecular flexibility index (Phi) is 7.61. The van der Waals surface area contributed by atoms with Crippen molar-refractivity contribution >= 4 is 0 Å². The Bertz CT molecular complexity index is 687. The third-order valence-electron chi connectivity index (χ3n) is 6.23. The highest BCUT2D eigenvalue weighted by atomic mass is 15.1. The molecule has 3 aliphatic rings. The van der Waals surface area contributed by atoms with E-state index in [-0.39, 0.29) is 6.04 Å². The summed E-state index contributed by atoms with van der Waals surface area (Å²) in [5, 5.41) is 11.4. The van der Waals surface area contributed by atoms with E-state index in [2.05, 4.69) is 74.0 Å². The summed E-state index contributed by atoms with van der Waals surface area (Å²) in [6.07, 6.45) is 20.4. The van der Waals surface area contributed by atoms with Crippen molar-refractivity contribution in [3.63, 3.8) is 0 Å². The summed E-state index contributed by atoms with van der Waals surface area (Å²) in [5.74, 6) is 1.18. The lowest BCUT2D eigenvalue weighted by Gasteiger charge is -2.31. The summed E-state index contributed by atoms with van der Waals surface area (Å²) in [7, 11) is 0. The molecule has 2 atom stereocenters. The second-order valence-corrected chi connectivity index (χ2v) is 8.57. The lowest BCUT2D eigenvalue weighted by Crippen LogP contribution is -2.42. The smallest absolute Gasteiger partial charge is 0.107 e. The van der Waals surface area contributed by atoms with Crippen molar-refractivity contribution in [1.29, 1.82) is 0 Å². The van der Waals surface area contributed by atoms with Crippen molar-refractivity contribution in [1.82, 2.24) is 16.0 Å². The monoisotopic (exact) mass is 381 g/mol. The van der Waals surface area contributed by atoms with Crippen LogP contribution in [0.3, 0.4) is 0 Å². The van der Waals surface area contributed by atoms with Crippen LogP contribution in [0.5, 0.6) is 0 Å². The highest BCUT2D eigenvalue weighted by Gasteiger charge is 2.22. The van der Waals surface area contributed by atoms with Crippen LogP contribution >= 0.6 is 0 Å². The van der Waals surface area contributed by atoms with Crippen LogP contribution in [0.25, 0.3) is 0 Å². The van der Waals surface area contributed by atoms with Crippen molar-refractivity contribution in [2.45, 2.75) is 90.8 Å². The topological polar surface area (TPSA) is 36.1 Å². The van der Waals surface area contributed by atoms with Crippen LogP contribution in [0.1, 0.15) is 72.6 Å². The van der Waals surface area contributed by atoms with E-state index in [4.69, 9.17) is 0 Å². The second-order valence-electron chi connectivity index (χ2n) is 8.57. The molecule has 1 aliphatic heterocycles. The van der Waals surface area contributed by atoms with E-state index in [0.717, 1.165) is 25.4 Å². The number of fused-ring (bicyclic) bond motifs is 1. The summed E-state index contributed by atoms with van der Waals surface area (Å²) >= 11 is 0. The zero-order chi connectivity index (χ0) is 19.9. The van der Waals surface area contributed by atoms with Crippen LogP contribution in [0.2, 0.25) is 0 Å². The third-order valence-corrected chi connectivity index (χ3v) is 6.23. The van der Waals surface area contributed by atoms with E-state index in [1.165, 1.54) is 60.2 Å². The van der Waals surface area contributed by atoms with Gasteiger partial charge in [-0.25, -0.2) is 0 Å². The Morgan fingerprint density at radius 2 is 2.04 bits per heavy atom. The molecule has 0 aromatic carbocycles. The Balaban J connectivity index is 1.67. The SMILES string of the molecule is CC/C=C(\C)C1=C(NCCC(CC)NC2CCCC2)NC2C=CC(C)=CC2=C1. The molecule has 3 nitrogen and oxygen atoms in total. The molecule has 28 heavy (non-hydrogen) atoms. The van der Waals surface area contributed by atoms with Gasteiger partial charge in [0, 0.05) is 24.2 Å². The van der Waals surface area contributed by atoms with Gasteiger partial charge in [-0.15, -0.1) is 0 Å². The molecule has 0 radical (unpaired) electrons. The number of dihydropyridines is 1. The first-order valence-electron chi connectivity index (χ1n) is 11.4. The third kappa shape index (κ3) is 5.41. The maximum absolute atomic E-state index is 3.89. The summed E-state index contributed by atoms with van der Waals surface area (Å²) < 4.78 is 0. The minimum Gasteiger partial charge on any atom is -0.371 e. The zero-order valence-corrected chi connectivity index (χ0v) is 18.3. The Morgan fingerprint density at radius 3 is 2.75 bits per heavy atom. The van der Waals surface area contributed by atoms with Crippen molar-refractivity contribution < 1.29 is 0 Å². The molecule has 0 aromatic rings. The van der Waals surface area contributed by atoms with Crippen molar-refractivity contribution in [3.05, 3.63) is 58.5 Å². The number of hydrogen-bond acceptors (Lipinski definition) is 3. The average Bonchev–Trinajstić information content (AvgIpc) is 3.20. The molecule has 0 bridgehead atoms. The van der Waals surface area contributed by atoms with Gasteiger partial charge in [0.15, 0.2) is 0 Å². The molecule has 3 N–H and O–H groups in total. The van der Waals surface area contributed by atoms with Crippen LogP contribution in [0.4, 0.5) is 0 Å². The first-order valence-corrected chi connectivity index (χ1v) is 11.4. The molecule has 1 fully saturated rings. The van der Waals surface area contributed by atoms with Gasteiger partial charge in [0.05, 0.1) is 6.04 Å². The summed E-state index contributed by atoms with van der Waals surface area (Å²) in [4.78, 5) is 0. The average molecular weight is 382 g/mol. The normalized spacial score (nSPS) is 23.9. The van der Waals surface area contributed by atoms with Crippen LogP contribution in [-0.2, 0) is 0 Å². The summed E-state index contributed by atoms with van der Waals surface area (Å²) in [6, 6.07) is 1.64. The molecule has 0 spiro atoms. The fourth-order valence-electron chi connectivity index (χ4n) is 4.57. The van der Waals surface area contributed by atoms with Gasteiger partial charge in [-0.1, -0.05) is 56.6 Å². The second kappa shape index (κ2) is 10.2. The van der Waals surface area contributed by atoms with Gasteiger partial charge in [0.2, 0.25) is 0 Å². The molecule has 3 rings (SSSR count). The molecular weight excluding hydrogens is 342 g/mol. The zero-order valence-electron chi connectivity index (χ0n) is 18.3. The van der Waals surface area contributed by atoms with E-state index >= 15 is 0 Å². The van der Waals surface area contributed by atoms with E-state index in [9.17, 15) is 0 Å². The highest BCUT2D eigenvalue weighted by Crippen LogP contribution is 2.27. The molecule has 1 heterocycles. The first kappa shape index (κ1) is 21.0. The van der Waals surface area contributed by atoms with Gasteiger partial charge in [-0.05, 0) is 63.2 Å². The van der Waals surface area contributed by atoms with E-state index in [1.54, 1.807) is 0 Å². The minimum atomic E-state index is 0.281. The fraction of sp³-hybridized carbons (Fsp3) is 0.600. The lowest BCUT2D eigenvalue weighted by molar-refractivity contribution is 0.396. The molecule has 1 saturated carbocycles.